The van der Waals surface area contributed by atoms with Gasteiger partial charge in [0.1, 0.15) is 43.8 Å². The molecule has 0 saturated carbocycles. The van der Waals surface area contributed by atoms with E-state index in [0.717, 1.165) is 32.1 Å². The summed E-state index contributed by atoms with van der Waals surface area (Å²) < 4.78 is 78.5. The Kier molecular flexibility index (Phi) is 27.0. The number of benzene rings is 4. The molecule has 0 saturated heterocycles. The zero-order valence-electron chi connectivity index (χ0n) is 36.3. The molecule has 0 spiro atoms. The molecule has 0 unspecified atom stereocenters. The van der Waals surface area contributed by atoms with Crippen molar-refractivity contribution in [3.63, 3.8) is 0 Å². The molecular formula is C48H66CaO10S2. The zero-order chi connectivity index (χ0) is 43.6. The van der Waals surface area contributed by atoms with E-state index in [1.165, 1.54) is 139 Å². The Bertz CT molecular complexity index is 1910. The van der Waals surface area contributed by atoms with Crippen LogP contribution in [0.15, 0.2) is 94.7 Å². The molecule has 4 rings (SSSR count). The summed E-state index contributed by atoms with van der Waals surface area (Å²) >= 11 is 0. The van der Waals surface area contributed by atoms with Crippen molar-refractivity contribution in [2.24, 2.45) is 0 Å². The molecule has 13 heteroatoms. The van der Waals surface area contributed by atoms with E-state index < -0.39 is 25.1 Å². The van der Waals surface area contributed by atoms with Crippen LogP contribution in [-0.4, -0.2) is 68.8 Å². The van der Waals surface area contributed by atoms with Gasteiger partial charge in [0.25, 0.3) is 10.1 Å². The molecule has 0 heterocycles. The van der Waals surface area contributed by atoms with Gasteiger partial charge in [-0.2, -0.15) is 8.42 Å². The molecule has 0 radical (unpaired) electrons. The number of phenols is 1. The average molecular weight is 907 g/mol. The molecule has 2 N–H and O–H groups in total. The molecule has 61 heavy (non-hydrogen) atoms. The van der Waals surface area contributed by atoms with Crippen molar-refractivity contribution in [2.45, 2.75) is 165 Å². The molecule has 332 valence electrons. The fourth-order valence-corrected chi connectivity index (χ4v) is 8.31. The topological polar surface area (TPSA) is 173 Å². The van der Waals surface area contributed by atoms with E-state index in [0.29, 0.717) is 35.5 Å². The molecule has 0 aliphatic carbocycles. The van der Waals surface area contributed by atoms with Crippen LogP contribution in [0.4, 0.5) is 0 Å². The van der Waals surface area contributed by atoms with E-state index in [-0.39, 0.29) is 65.6 Å². The minimum absolute atomic E-state index is 0. The number of phenolic OH excluding ortho intramolecular Hbond substituents is 1. The third-order valence-corrected chi connectivity index (χ3v) is 12.2. The first-order valence-corrected chi connectivity index (χ1v) is 24.8. The van der Waals surface area contributed by atoms with Gasteiger partial charge >= 0.3 is 37.7 Å². The summed E-state index contributed by atoms with van der Waals surface area (Å²) in [6.45, 7) is 4.45. The third kappa shape index (κ3) is 20.9. The van der Waals surface area contributed by atoms with Crippen molar-refractivity contribution < 1.29 is 45.6 Å². The maximum absolute atomic E-state index is 12.3. The Balaban J connectivity index is 0.000000413. The molecule has 0 aliphatic heterocycles. The summed E-state index contributed by atoms with van der Waals surface area (Å²) in [5.74, 6) is 0.701. The first kappa shape index (κ1) is 54.3. The standard InChI is InChI=1S/2C24H34O5S.Ca/c2*1-2-3-4-5-6-7-8-9-10-11-15-20-21(25)16-14-18-22(20)29-23-17-12-13-19-24(23)30(26,27)28;/h2*12-14,16-19,25H,2-11,15H2,1H3,(H,26,27,28);/q;;+2/p-2. The summed E-state index contributed by atoms with van der Waals surface area (Å²) in [6, 6.07) is 21.3. The van der Waals surface area contributed by atoms with Gasteiger partial charge in [0.05, 0.1) is 4.90 Å². The maximum atomic E-state index is 12.3. The first-order valence-electron chi connectivity index (χ1n) is 21.9. The van der Waals surface area contributed by atoms with Gasteiger partial charge in [-0.25, -0.2) is 8.42 Å². The second kappa shape index (κ2) is 30.3. The predicted molar refractivity (Wildman–Crippen MR) is 242 cm³/mol. The van der Waals surface area contributed by atoms with E-state index >= 15 is 0 Å². The number of hydrogen-bond acceptors (Lipinski definition) is 9. The van der Waals surface area contributed by atoms with Crippen LogP contribution in [0.1, 0.15) is 153 Å². The molecule has 0 fully saturated rings. The van der Waals surface area contributed by atoms with E-state index in [9.17, 15) is 36.2 Å². The fraction of sp³-hybridized carbons (Fsp3) is 0.500. The van der Waals surface area contributed by atoms with E-state index in [1.54, 1.807) is 42.5 Å². The summed E-state index contributed by atoms with van der Waals surface area (Å²) in [5.41, 5.74) is 1.18. The van der Waals surface area contributed by atoms with Crippen LogP contribution in [0.25, 0.3) is 0 Å². The molecule has 0 amide bonds. The van der Waals surface area contributed by atoms with Gasteiger partial charge < -0.3 is 24.2 Å². The van der Waals surface area contributed by atoms with Crippen molar-refractivity contribution in [1.29, 1.82) is 0 Å². The second-order valence-corrected chi connectivity index (χ2v) is 18.1. The quantitative estimate of drug-likeness (QED) is 0.0317. The summed E-state index contributed by atoms with van der Waals surface area (Å²) in [7, 11) is -9.07. The van der Waals surface area contributed by atoms with Crippen LogP contribution < -0.4 is 14.6 Å². The predicted octanol–water partition coefficient (Wildman–Crippen LogP) is 12.4. The molecular weight excluding hydrogens is 841 g/mol. The van der Waals surface area contributed by atoms with Gasteiger partial charge in [-0.1, -0.05) is 172 Å². The van der Waals surface area contributed by atoms with Gasteiger partial charge in [-0.3, -0.25) is 4.55 Å². The zero-order valence-corrected chi connectivity index (χ0v) is 40.2. The van der Waals surface area contributed by atoms with E-state index in [4.69, 9.17) is 9.47 Å². The van der Waals surface area contributed by atoms with Crippen LogP contribution in [0.3, 0.4) is 0 Å². The number of ether oxygens (including phenoxy) is 2. The molecule has 0 atom stereocenters. The van der Waals surface area contributed by atoms with Crippen molar-refractivity contribution >= 4 is 58.0 Å². The van der Waals surface area contributed by atoms with Gasteiger partial charge in [0.2, 0.25) is 0 Å². The van der Waals surface area contributed by atoms with Crippen molar-refractivity contribution in [2.75, 3.05) is 0 Å². The maximum Gasteiger partial charge on any atom is 2.00 e. The Hall–Kier alpha value is -2.84. The summed E-state index contributed by atoms with van der Waals surface area (Å²) in [5, 5.41) is 22.6. The largest absolute Gasteiger partial charge is 2.00 e. The monoisotopic (exact) mass is 906 g/mol. The summed E-state index contributed by atoms with van der Waals surface area (Å²) in [6.07, 6.45) is 25.5. The molecule has 0 aliphatic rings. The van der Waals surface area contributed by atoms with E-state index in [1.807, 2.05) is 0 Å². The molecule has 0 aromatic heterocycles. The Morgan fingerprint density at radius 1 is 0.475 bits per heavy atom. The van der Waals surface area contributed by atoms with Gasteiger partial charge in [0.15, 0.2) is 0 Å². The van der Waals surface area contributed by atoms with Crippen LogP contribution in [0, 0.1) is 0 Å². The third-order valence-electron chi connectivity index (χ3n) is 10.4. The molecule has 0 bridgehead atoms. The molecule has 4 aromatic rings. The van der Waals surface area contributed by atoms with Crippen molar-refractivity contribution in [3.8, 4) is 34.5 Å². The van der Waals surface area contributed by atoms with Crippen LogP contribution in [-0.2, 0) is 33.1 Å². The van der Waals surface area contributed by atoms with Crippen LogP contribution in [0.2, 0.25) is 0 Å². The van der Waals surface area contributed by atoms with Crippen molar-refractivity contribution in [3.05, 3.63) is 96.1 Å². The van der Waals surface area contributed by atoms with Crippen LogP contribution in [0.5, 0.6) is 34.5 Å². The number of para-hydroxylation sites is 2. The Labute approximate surface area is 396 Å². The number of aromatic hydroxyl groups is 1. The van der Waals surface area contributed by atoms with Gasteiger partial charge in [-0.05, 0) is 73.7 Å². The number of rotatable bonds is 28. The smallest absolute Gasteiger partial charge is 0.872 e. The SMILES string of the molecule is CCCCCCCCCCCCc1c(O)cccc1Oc1ccccc1S(=O)(=O)O.CCCCCCCCCCCCc1c([O-])cccc1Oc1ccccc1S(=O)(=O)[O-].[Ca+2]. The van der Waals surface area contributed by atoms with Crippen LogP contribution >= 0.6 is 0 Å². The molecule has 10 nitrogen and oxygen atoms in total. The number of unbranched alkanes of at least 4 members (excludes halogenated alkanes) is 18. The molecule has 4 aromatic carbocycles. The number of hydrogen-bond donors (Lipinski definition) is 2. The van der Waals surface area contributed by atoms with Crippen molar-refractivity contribution in [1.82, 2.24) is 0 Å². The van der Waals surface area contributed by atoms with Gasteiger partial charge in [0, 0.05) is 5.56 Å². The first-order chi connectivity index (χ1) is 28.9. The fourth-order valence-electron chi connectivity index (χ4n) is 7.09. The average Bonchev–Trinajstić information content (AvgIpc) is 3.21. The second-order valence-electron chi connectivity index (χ2n) is 15.4. The van der Waals surface area contributed by atoms with E-state index in [2.05, 4.69) is 13.8 Å². The Morgan fingerprint density at radius 3 is 1.30 bits per heavy atom. The Morgan fingerprint density at radius 2 is 0.836 bits per heavy atom. The minimum atomic E-state index is -4.67. The minimum Gasteiger partial charge on any atom is -0.872 e. The normalized spacial score (nSPS) is 11.3. The summed E-state index contributed by atoms with van der Waals surface area (Å²) in [4.78, 5) is -0.718. The van der Waals surface area contributed by atoms with Gasteiger partial charge in [-0.15, -0.1) is 5.75 Å².